The van der Waals surface area contributed by atoms with Gasteiger partial charge in [-0.3, -0.25) is 14.4 Å². The first-order valence-corrected chi connectivity index (χ1v) is 12.8. The molecule has 1 aliphatic carbocycles. The average Bonchev–Trinajstić information content (AvgIpc) is 2.68. The first-order chi connectivity index (χ1) is 15.5. The molecule has 0 aromatic carbocycles. The largest absolute Gasteiger partial charge is 0.457 e. The van der Waals surface area contributed by atoms with E-state index in [-0.39, 0.29) is 35.0 Å². The van der Waals surface area contributed by atoms with Gasteiger partial charge in [0.25, 0.3) is 0 Å². The molecule has 1 N–H and O–H groups in total. The van der Waals surface area contributed by atoms with E-state index in [1.807, 2.05) is 48.5 Å². The molecule has 34 heavy (non-hydrogen) atoms. The number of nitrogens with one attached hydrogen (secondary N) is 1. The van der Waals surface area contributed by atoms with Gasteiger partial charge < -0.3 is 19.7 Å². The monoisotopic (exact) mass is 480 g/mol. The van der Waals surface area contributed by atoms with Crippen LogP contribution in [0, 0.1) is 28.6 Å². The summed E-state index contributed by atoms with van der Waals surface area (Å²) >= 11 is 0. The van der Waals surface area contributed by atoms with Crippen molar-refractivity contribution in [1.82, 2.24) is 10.2 Å². The van der Waals surface area contributed by atoms with E-state index < -0.39 is 29.3 Å². The maximum absolute atomic E-state index is 13.6. The molecule has 0 radical (unpaired) electrons. The molecule has 0 aromatic heterocycles. The van der Waals surface area contributed by atoms with Crippen LogP contribution in [0.25, 0.3) is 0 Å². The van der Waals surface area contributed by atoms with Crippen LogP contribution in [-0.2, 0) is 23.9 Å². The standard InChI is InChI=1S/C27H48N2O5/c1-17-15-33-23(21(18(17)2)34-24(32)25(3,4)5)29(16-30)20(22(31)28-26(6,7)8)19-11-13-27(9,10)14-12-19/h16-21,23H,11-15H2,1-10H3,(H,28,31)/t17-,18-,20?,21+,23+/m1/s1. The van der Waals surface area contributed by atoms with Gasteiger partial charge in [0.05, 0.1) is 12.0 Å². The van der Waals surface area contributed by atoms with Crippen molar-refractivity contribution >= 4 is 18.3 Å². The molecule has 1 saturated carbocycles. The van der Waals surface area contributed by atoms with E-state index in [2.05, 4.69) is 26.1 Å². The third-order valence-electron chi connectivity index (χ3n) is 7.42. The fourth-order valence-corrected chi connectivity index (χ4v) is 4.86. The molecule has 2 rings (SSSR count). The number of hydrogen-bond donors (Lipinski definition) is 1. The predicted molar refractivity (Wildman–Crippen MR) is 133 cm³/mol. The molecule has 5 atom stereocenters. The average molecular weight is 481 g/mol. The number of ether oxygens (including phenoxy) is 2. The molecular formula is C27H48N2O5. The van der Waals surface area contributed by atoms with Crippen molar-refractivity contribution in [2.45, 2.75) is 119 Å². The summed E-state index contributed by atoms with van der Waals surface area (Å²) in [5.41, 5.74) is -0.899. The third kappa shape index (κ3) is 7.19. The molecule has 0 bridgehead atoms. The number of esters is 1. The van der Waals surface area contributed by atoms with Gasteiger partial charge in [-0.2, -0.15) is 0 Å². The molecule has 1 saturated heterocycles. The van der Waals surface area contributed by atoms with Gasteiger partial charge in [0.1, 0.15) is 12.1 Å². The number of nitrogens with zero attached hydrogens (tertiary/aromatic N) is 1. The van der Waals surface area contributed by atoms with E-state index >= 15 is 0 Å². The molecule has 1 aliphatic heterocycles. The summed E-state index contributed by atoms with van der Waals surface area (Å²) in [5.74, 6) is -0.380. The van der Waals surface area contributed by atoms with Gasteiger partial charge in [-0.1, -0.05) is 27.7 Å². The van der Waals surface area contributed by atoms with Crippen LogP contribution in [0.1, 0.15) is 94.9 Å². The summed E-state index contributed by atoms with van der Waals surface area (Å²) < 4.78 is 12.2. The van der Waals surface area contributed by atoms with Crippen LogP contribution in [0.3, 0.4) is 0 Å². The van der Waals surface area contributed by atoms with Gasteiger partial charge in [-0.25, -0.2) is 0 Å². The molecule has 2 aliphatic rings. The Kier molecular flexibility index (Phi) is 8.88. The first kappa shape index (κ1) is 28.6. The summed E-state index contributed by atoms with van der Waals surface area (Å²) in [5, 5.41) is 3.09. The van der Waals surface area contributed by atoms with Crippen LogP contribution in [0.2, 0.25) is 0 Å². The van der Waals surface area contributed by atoms with Gasteiger partial charge in [0.2, 0.25) is 12.3 Å². The molecule has 0 aromatic rings. The molecule has 2 amide bonds. The topological polar surface area (TPSA) is 84.9 Å². The molecule has 196 valence electrons. The van der Waals surface area contributed by atoms with E-state index in [0.717, 1.165) is 32.1 Å². The molecule has 0 spiro atoms. The van der Waals surface area contributed by atoms with Gasteiger partial charge in [-0.15, -0.1) is 0 Å². The summed E-state index contributed by atoms with van der Waals surface area (Å²) in [4.78, 5) is 40.6. The van der Waals surface area contributed by atoms with E-state index in [1.165, 1.54) is 4.90 Å². The maximum Gasteiger partial charge on any atom is 0.311 e. The zero-order valence-electron chi connectivity index (χ0n) is 23.1. The van der Waals surface area contributed by atoms with Crippen LogP contribution in [0.15, 0.2) is 0 Å². The Morgan fingerprint density at radius 2 is 1.65 bits per heavy atom. The van der Waals surface area contributed by atoms with Crippen molar-refractivity contribution < 1.29 is 23.9 Å². The minimum Gasteiger partial charge on any atom is -0.457 e. The zero-order valence-corrected chi connectivity index (χ0v) is 23.1. The lowest BCUT2D eigenvalue weighted by Crippen LogP contribution is -2.63. The van der Waals surface area contributed by atoms with E-state index in [4.69, 9.17) is 9.47 Å². The van der Waals surface area contributed by atoms with Crippen molar-refractivity contribution in [2.24, 2.45) is 28.6 Å². The highest BCUT2D eigenvalue weighted by molar-refractivity contribution is 5.84. The number of amides is 2. The van der Waals surface area contributed by atoms with Crippen molar-refractivity contribution in [2.75, 3.05) is 6.61 Å². The Morgan fingerprint density at radius 3 is 2.12 bits per heavy atom. The quantitative estimate of drug-likeness (QED) is 0.446. The van der Waals surface area contributed by atoms with Crippen molar-refractivity contribution in [3.63, 3.8) is 0 Å². The van der Waals surface area contributed by atoms with Crippen molar-refractivity contribution in [1.29, 1.82) is 0 Å². The number of carbonyl (C=O) groups excluding carboxylic acids is 3. The number of hydrogen-bond acceptors (Lipinski definition) is 5. The minimum absolute atomic E-state index is 0.0119. The second kappa shape index (κ2) is 10.5. The van der Waals surface area contributed by atoms with Crippen LogP contribution in [0.5, 0.6) is 0 Å². The second-order valence-corrected chi connectivity index (χ2v) is 13.4. The molecule has 2 fully saturated rings. The van der Waals surface area contributed by atoms with Gasteiger partial charge in [-0.05, 0) is 84.5 Å². The minimum atomic E-state index is -0.805. The summed E-state index contributed by atoms with van der Waals surface area (Å²) in [7, 11) is 0. The number of carbonyl (C=O) groups is 3. The fourth-order valence-electron chi connectivity index (χ4n) is 4.86. The Labute approximate surface area is 206 Å². The predicted octanol–water partition coefficient (Wildman–Crippen LogP) is 4.53. The highest BCUT2D eigenvalue weighted by Gasteiger charge is 2.48. The second-order valence-electron chi connectivity index (χ2n) is 13.4. The van der Waals surface area contributed by atoms with Crippen LogP contribution in [0.4, 0.5) is 0 Å². The summed E-state index contributed by atoms with van der Waals surface area (Å²) in [6.45, 7) is 20.2. The Hall–Kier alpha value is -1.63. The lowest BCUT2D eigenvalue weighted by molar-refractivity contribution is -0.219. The normalized spacial score (nSPS) is 29.1. The van der Waals surface area contributed by atoms with Crippen LogP contribution in [-0.4, -0.2) is 53.7 Å². The van der Waals surface area contributed by atoms with E-state index in [0.29, 0.717) is 6.61 Å². The third-order valence-corrected chi connectivity index (χ3v) is 7.42. The van der Waals surface area contributed by atoms with E-state index in [1.54, 1.807) is 0 Å². The Balaban J connectivity index is 2.43. The lowest BCUT2D eigenvalue weighted by Gasteiger charge is -2.48. The highest BCUT2D eigenvalue weighted by atomic mass is 16.6. The van der Waals surface area contributed by atoms with Crippen LogP contribution >= 0.6 is 0 Å². The molecule has 1 heterocycles. The van der Waals surface area contributed by atoms with Crippen molar-refractivity contribution in [3.8, 4) is 0 Å². The lowest BCUT2D eigenvalue weighted by atomic mass is 9.70. The summed E-state index contributed by atoms with van der Waals surface area (Å²) in [6, 6.07) is -0.686. The van der Waals surface area contributed by atoms with Gasteiger partial charge in [0.15, 0.2) is 6.23 Å². The zero-order chi connectivity index (χ0) is 26.1. The first-order valence-electron chi connectivity index (χ1n) is 12.8. The Morgan fingerprint density at radius 1 is 1.09 bits per heavy atom. The summed E-state index contributed by atoms with van der Waals surface area (Å²) in [6.07, 6.45) is 2.95. The Bertz CT molecular complexity index is 726. The SMILES string of the molecule is C[C@H]1[C@H](OC(=O)C(C)(C)C)[C@@H](N(C=O)C(C(=O)NC(C)(C)C)C2CCC(C)(C)CC2)OC[C@H]1C. The molecule has 7 heteroatoms. The molecule has 7 nitrogen and oxygen atoms in total. The number of rotatable bonds is 6. The van der Waals surface area contributed by atoms with E-state index in [9.17, 15) is 14.4 Å². The highest BCUT2D eigenvalue weighted by Crippen LogP contribution is 2.41. The smallest absolute Gasteiger partial charge is 0.311 e. The van der Waals surface area contributed by atoms with Gasteiger partial charge in [0, 0.05) is 11.5 Å². The van der Waals surface area contributed by atoms with Crippen molar-refractivity contribution in [3.05, 3.63) is 0 Å². The molecular weight excluding hydrogens is 432 g/mol. The van der Waals surface area contributed by atoms with Gasteiger partial charge >= 0.3 is 5.97 Å². The van der Waals surface area contributed by atoms with Crippen LogP contribution < -0.4 is 5.32 Å². The maximum atomic E-state index is 13.6. The molecule has 1 unspecified atom stereocenters. The fraction of sp³-hybridized carbons (Fsp3) is 0.889.